The molecular formula is C16H24N4. The topological polar surface area (TPSA) is 49.8 Å². The van der Waals surface area contributed by atoms with Crippen molar-refractivity contribution in [2.24, 2.45) is 0 Å². The van der Waals surface area contributed by atoms with Crippen molar-refractivity contribution in [2.75, 3.05) is 27.2 Å². The van der Waals surface area contributed by atoms with Gasteiger partial charge in [-0.05, 0) is 50.8 Å². The summed E-state index contributed by atoms with van der Waals surface area (Å²) in [7, 11) is 3.90. The molecule has 0 saturated heterocycles. The summed E-state index contributed by atoms with van der Waals surface area (Å²) >= 11 is 0. The third-order valence-electron chi connectivity index (χ3n) is 2.74. The van der Waals surface area contributed by atoms with E-state index in [1.807, 2.05) is 50.8 Å². The number of hydrogen-bond acceptors (Lipinski definition) is 4. The van der Waals surface area contributed by atoms with Crippen LogP contribution in [0.15, 0.2) is 48.9 Å². The van der Waals surface area contributed by atoms with Crippen LogP contribution in [0.2, 0.25) is 0 Å². The fraction of sp³-hybridized carbons (Fsp3) is 0.375. The van der Waals surface area contributed by atoms with Crippen LogP contribution < -0.4 is 10.6 Å². The van der Waals surface area contributed by atoms with Crippen molar-refractivity contribution in [1.82, 2.24) is 20.6 Å². The number of rotatable bonds is 6. The molecule has 4 nitrogen and oxygen atoms in total. The van der Waals surface area contributed by atoms with Crippen LogP contribution in [-0.2, 0) is 12.8 Å². The van der Waals surface area contributed by atoms with Crippen molar-refractivity contribution >= 4 is 0 Å². The number of pyridine rings is 2. The number of hydrogen-bond donors (Lipinski definition) is 2. The molecule has 2 rings (SSSR count). The maximum absolute atomic E-state index is 4.18. The van der Waals surface area contributed by atoms with E-state index in [0.717, 1.165) is 31.6 Å². The smallest absolute Gasteiger partial charge is 0.0416 e. The minimum Gasteiger partial charge on any atom is -0.319 e. The summed E-state index contributed by atoms with van der Waals surface area (Å²) < 4.78 is 0. The molecule has 20 heavy (non-hydrogen) atoms. The summed E-state index contributed by atoms with van der Waals surface area (Å²) in [5.41, 5.74) is 2.44. The predicted octanol–water partition coefficient (Wildman–Crippen LogP) is 1.69. The van der Waals surface area contributed by atoms with E-state index in [4.69, 9.17) is 0 Å². The summed E-state index contributed by atoms with van der Waals surface area (Å²) in [6, 6.07) is 10.0. The lowest BCUT2D eigenvalue weighted by atomic mass is 10.2. The molecule has 0 spiro atoms. The first-order chi connectivity index (χ1) is 9.86. The minimum absolute atomic E-state index is 0.997. The Morgan fingerprint density at radius 3 is 2.30 bits per heavy atom. The fourth-order valence-corrected chi connectivity index (χ4v) is 1.61. The van der Waals surface area contributed by atoms with Gasteiger partial charge in [0.2, 0.25) is 0 Å². The van der Waals surface area contributed by atoms with Gasteiger partial charge in [0, 0.05) is 37.3 Å². The molecule has 0 bridgehead atoms. The molecule has 0 unspecified atom stereocenters. The van der Waals surface area contributed by atoms with Gasteiger partial charge >= 0.3 is 0 Å². The zero-order valence-corrected chi connectivity index (χ0v) is 12.3. The molecule has 2 aromatic heterocycles. The second-order valence-corrected chi connectivity index (χ2v) is 4.39. The molecule has 0 aliphatic rings. The Morgan fingerprint density at radius 1 is 0.900 bits per heavy atom. The van der Waals surface area contributed by atoms with Crippen molar-refractivity contribution in [3.63, 3.8) is 0 Å². The molecule has 0 radical (unpaired) electrons. The molecule has 0 atom stereocenters. The van der Waals surface area contributed by atoms with Gasteiger partial charge < -0.3 is 10.6 Å². The lowest BCUT2D eigenvalue weighted by molar-refractivity contribution is 0.776. The highest BCUT2D eigenvalue weighted by Gasteiger charge is 1.89. The molecule has 2 heterocycles. The van der Waals surface area contributed by atoms with Crippen molar-refractivity contribution < 1.29 is 0 Å². The Hall–Kier alpha value is -1.78. The van der Waals surface area contributed by atoms with Crippen molar-refractivity contribution in [3.8, 4) is 0 Å². The lowest BCUT2D eigenvalue weighted by Crippen LogP contribution is -2.10. The summed E-state index contributed by atoms with van der Waals surface area (Å²) in [6.07, 6.45) is 7.59. The molecule has 0 aliphatic carbocycles. The first-order valence-corrected chi connectivity index (χ1v) is 6.95. The zero-order valence-electron chi connectivity index (χ0n) is 12.3. The monoisotopic (exact) mass is 272 g/mol. The highest BCUT2D eigenvalue weighted by Crippen LogP contribution is 1.94. The normalized spacial score (nSPS) is 9.70. The molecule has 2 N–H and O–H groups in total. The maximum atomic E-state index is 4.18. The van der Waals surface area contributed by atoms with Gasteiger partial charge in [0.1, 0.15) is 0 Å². The summed E-state index contributed by atoms with van der Waals surface area (Å²) in [6.45, 7) is 2.02. The molecule has 2 aromatic rings. The first-order valence-electron chi connectivity index (χ1n) is 6.95. The SMILES string of the molecule is CNCCc1ccccn1.CNCCc1cccnc1. The second kappa shape index (κ2) is 11.1. The van der Waals surface area contributed by atoms with Crippen LogP contribution in [0.4, 0.5) is 0 Å². The van der Waals surface area contributed by atoms with Crippen LogP contribution in [0, 0.1) is 0 Å². The van der Waals surface area contributed by atoms with Crippen LogP contribution in [0.3, 0.4) is 0 Å². The van der Waals surface area contributed by atoms with Crippen LogP contribution in [-0.4, -0.2) is 37.2 Å². The van der Waals surface area contributed by atoms with Crippen LogP contribution >= 0.6 is 0 Å². The first kappa shape index (κ1) is 16.3. The highest BCUT2D eigenvalue weighted by atomic mass is 14.8. The maximum Gasteiger partial charge on any atom is 0.0416 e. The predicted molar refractivity (Wildman–Crippen MR) is 83.7 cm³/mol. The number of aromatic nitrogens is 2. The molecule has 0 aliphatic heterocycles. The fourth-order valence-electron chi connectivity index (χ4n) is 1.61. The van der Waals surface area contributed by atoms with Crippen LogP contribution in [0.25, 0.3) is 0 Å². The average Bonchev–Trinajstić information content (AvgIpc) is 2.53. The molecular weight excluding hydrogens is 248 g/mol. The minimum atomic E-state index is 0.997. The molecule has 4 heteroatoms. The molecule has 0 aromatic carbocycles. The standard InChI is InChI=1S/2C8H12N2/c1-9-6-4-8-3-2-5-10-7-8;1-9-7-5-8-4-2-3-6-10-8/h2-3,5,7,9H,4,6H2,1H3;2-4,6,9H,5,7H2,1H3. The van der Waals surface area contributed by atoms with Crippen LogP contribution in [0.5, 0.6) is 0 Å². The van der Waals surface area contributed by atoms with E-state index in [9.17, 15) is 0 Å². The van der Waals surface area contributed by atoms with E-state index < -0.39 is 0 Å². The van der Waals surface area contributed by atoms with E-state index in [1.54, 1.807) is 6.20 Å². The molecule has 0 saturated carbocycles. The van der Waals surface area contributed by atoms with Gasteiger partial charge in [-0.1, -0.05) is 12.1 Å². The van der Waals surface area contributed by atoms with E-state index >= 15 is 0 Å². The third-order valence-corrected chi connectivity index (χ3v) is 2.74. The summed E-state index contributed by atoms with van der Waals surface area (Å²) in [5, 5.41) is 6.16. The average molecular weight is 272 g/mol. The number of nitrogens with one attached hydrogen (secondary N) is 2. The van der Waals surface area contributed by atoms with Gasteiger partial charge in [0.15, 0.2) is 0 Å². The molecule has 0 amide bonds. The van der Waals surface area contributed by atoms with Gasteiger partial charge in [-0.3, -0.25) is 9.97 Å². The van der Waals surface area contributed by atoms with Gasteiger partial charge in [-0.2, -0.15) is 0 Å². The highest BCUT2D eigenvalue weighted by molar-refractivity contribution is 5.08. The van der Waals surface area contributed by atoms with E-state index in [2.05, 4.69) is 26.7 Å². The van der Waals surface area contributed by atoms with Crippen LogP contribution in [0.1, 0.15) is 11.3 Å². The van der Waals surface area contributed by atoms with Gasteiger partial charge in [0.05, 0.1) is 0 Å². The van der Waals surface area contributed by atoms with Gasteiger partial charge in [-0.25, -0.2) is 0 Å². The Morgan fingerprint density at radius 2 is 1.70 bits per heavy atom. The van der Waals surface area contributed by atoms with Crippen molar-refractivity contribution in [3.05, 3.63) is 60.2 Å². The van der Waals surface area contributed by atoms with E-state index in [0.29, 0.717) is 0 Å². The largest absolute Gasteiger partial charge is 0.319 e. The van der Waals surface area contributed by atoms with Gasteiger partial charge in [-0.15, -0.1) is 0 Å². The Bertz CT molecular complexity index is 387. The summed E-state index contributed by atoms with van der Waals surface area (Å²) in [4.78, 5) is 8.19. The lowest BCUT2D eigenvalue weighted by Gasteiger charge is -1.97. The zero-order chi connectivity index (χ0) is 14.5. The number of likely N-dealkylation sites (N-methyl/N-ethyl adjacent to an activating group) is 2. The molecule has 108 valence electrons. The number of nitrogens with zero attached hydrogens (tertiary/aromatic N) is 2. The van der Waals surface area contributed by atoms with Crippen molar-refractivity contribution in [1.29, 1.82) is 0 Å². The Kier molecular flexibility index (Phi) is 9.02. The Labute approximate surface area is 121 Å². The molecule has 0 fully saturated rings. The summed E-state index contributed by atoms with van der Waals surface area (Å²) in [5.74, 6) is 0. The second-order valence-electron chi connectivity index (χ2n) is 4.39. The van der Waals surface area contributed by atoms with E-state index in [-0.39, 0.29) is 0 Å². The van der Waals surface area contributed by atoms with Crippen molar-refractivity contribution in [2.45, 2.75) is 12.8 Å². The third kappa shape index (κ3) is 7.61. The quantitative estimate of drug-likeness (QED) is 0.840. The van der Waals surface area contributed by atoms with E-state index in [1.165, 1.54) is 5.56 Å². The Balaban J connectivity index is 0.000000200. The van der Waals surface area contributed by atoms with Gasteiger partial charge in [0.25, 0.3) is 0 Å².